The van der Waals surface area contributed by atoms with Gasteiger partial charge in [0.2, 0.25) is 0 Å². The Labute approximate surface area is 138 Å². The van der Waals surface area contributed by atoms with Gasteiger partial charge in [-0.3, -0.25) is 0 Å². The summed E-state index contributed by atoms with van der Waals surface area (Å²) in [6, 6.07) is 3.90. The van der Waals surface area contributed by atoms with Crippen LogP contribution < -0.4 is 10.1 Å². The number of rotatable bonds is 6. The Morgan fingerprint density at radius 2 is 1.91 bits per heavy atom. The van der Waals surface area contributed by atoms with Gasteiger partial charge < -0.3 is 14.8 Å². The first-order valence-electron chi connectivity index (χ1n) is 7.59. The Hall–Kier alpha value is -1.42. The lowest BCUT2D eigenvalue weighted by atomic mass is 10.0. The quantitative estimate of drug-likeness (QED) is 0.844. The maximum absolute atomic E-state index is 11.6. The molecule has 0 aromatic heterocycles. The van der Waals surface area contributed by atoms with Gasteiger partial charge in [0.05, 0.1) is 7.11 Å². The monoisotopic (exact) mass is 327 g/mol. The molecule has 0 saturated heterocycles. The molecule has 22 heavy (non-hydrogen) atoms. The molecule has 0 heterocycles. The van der Waals surface area contributed by atoms with E-state index in [2.05, 4.69) is 12.2 Å². The largest absolute Gasteiger partial charge is 0.496 e. The number of aryl methyl sites for hydroxylation is 1. The lowest BCUT2D eigenvalue weighted by Gasteiger charge is -2.20. The number of benzene rings is 1. The van der Waals surface area contributed by atoms with Crippen LogP contribution in [0.2, 0.25) is 5.02 Å². The molecule has 0 bridgehead atoms. The zero-order valence-corrected chi connectivity index (χ0v) is 14.8. The second kappa shape index (κ2) is 8.28. The molecule has 0 aliphatic heterocycles. The van der Waals surface area contributed by atoms with E-state index < -0.39 is 11.7 Å². The lowest BCUT2D eigenvalue weighted by Crippen LogP contribution is -2.33. The topological polar surface area (TPSA) is 47.6 Å². The van der Waals surface area contributed by atoms with Gasteiger partial charge in [-0.1, -0.05) is 24.9 Å². The maximum atomic E-state index is 11.6. The Balaban J connectivity index is 2.66. The van der Waals surface area contributed by atoms with Gasteiger partial charge in [0.1, 0.15) is 11.4 Å². The molecule has 0 unspecified atom stereocenters. The van der Waals surface area contributed by atoms with Crippen molar-refractivity contribution >= 4 is 17.7 Å². The highest BCUT2D eigenvalue weighted by molar-refractivity contribution is 6.31. The van der Waals surface area contributed by atoms with Crippen molar-refractivity contribution in [1.29, 1.82) is 0 Å². The standard InChI is InChI=1S/C17H26ClNO3/c1-6-7-12-11-15(21-5)13(10-14(12)18)8-9-19-16(20)22-17(2,3)4/h10-11H,6-9H2,1-5H3,(H,19,20). The van der Waals surface area contributed by atoms with Crippen molar-refractivity contribution in [2.75, 3.05) is 13.7 Å². The predicted molar refractivity (Wildman–Crippen MR) is 89.9 cm³/mol. The summed E-state index contributed by atoms with van der Waals surface area (Å²) in [4.78, 5) is 11.6. The molecule has 0 atom stereocenters. The van der Waals surface area contributed by atoms with E-state index in [1.807, 2.05) is 32.9 Å². The molecule has 0 fully saturated rings. The predicted octanol–water partition coefficient (Wildman–Crippen LogP) is 4.37. The minimum atomic E-state index is -0.493. The van der Waals surface area contributed by atoms with Gasteiger partial charge in [-0.2, -0.15) is 0 Å². The highest BCUT2D eigenvalue weighted by Crippen LogP contribution is 2.28. The van der Waals surface area contributed by atoms with Crippen molar-refractivity contribution in [3.8, 4) is 5.75 Å². The van der Waals surface area contributed by atoms with Crippen LogP contribution in [0.3, 0.4) is 0 Å². The van der Waals surface area contributed by atoms with Crippen LogP contribution in [0.25, 0.3) is 0 Å². The molecule has 0 spiro atoms. The van der Waals surface area contributed by atoms with Crippen LogP contribution in [0.15, 0.2) is 12.1 Å². The van der Waals surface area contributed by atoms with Gasteiger partial charge in [-0.05, 0) is 56.9 Å². The van der Waals surface area contributed by atoms with Gasteiger partial charge >= 0.3 is 6.09 Å². The third-order valence-electron chi connectivity index (χ3n) is 3.03. The summed E-state index contributed by atoms with van der Waals surface area (Å²) in [5, 5.41) is 3.48. The Kier molecular flexibility index (Phi) is 7.01. The molecule has 4 nitrogen and oxygen atoms in total. The number of carbonyl (C=O) groups is 1. The van der Waals surface area contributed by atoms with E-state index in [0.29, 0.717) is 13.0 Å². The highest BCUT2D eigenvalue weighted by atomic mass is 35.5. The fraction of sp³-hybridized carbons (Fsp3) is 0.588. The number of hydrogen-bond acceptors (Lipinski definition) is 3. The first-order valence-corrected chi connectivity index (χ1v) is 7.96. The van der Waals surface area contributed by atoms with Crippen molar-refractivity contribution in [2.24, 2.45) is 0 Å². The summed E-state index contributed by atoms with van der Waals surface area (Å²) in [5.41, 5.74) is 1.57. The first-order chi connectivity index (χ1) is 10.3. The van der Waals surface area contributed by atoms with E-state index in [9.17, 15) is 4.79 Å². The second-order valence-electron chi connectivity index (χ2n) is 6.18. The maximum Gasteiger partial charge on any atom is 0.407 e. The number of ether oxygens (including phenoxy) is 2. The van der Waals surface area contributed by atoms with Gasteiger partial charge in [-0.25, -0.2) is 4.79 Å². The average Bonchev–Trinajstić information content (AvgIpc) is 2.39. The Morgan fingerprint density at radius 1 is 1.23 bits per heavy atom. The summed E-state index contributed by atoms with van der Waals surface area (Å²) >= 11 is 6.30. The Bertz CT molecular complexity index is 509. The zero-order chi connectivity index (χ0) is 16.8. The van der Waals surface area contributed by atoms with Gasteiger partial charge in [0.15, 0.2) is 0 Å². The smallest absolute Gasteiger partial charge is 0.407 e. The zero-order valence-electron chi connectivity index (χ0n) is 14.1. The van der Waals surface area contributed by atoms with E-state index >= 15 is 0 Å². The number of nitrogens with one attached hydrogen (secondary N) is 1. The fourth-order valence-corrected chi connectivity index (χ4v) is 2.38. The molecular formula is C17H26ClNO3. The molecule has 5 heteroatoms. The van der Waals surface area contributed by atoms with Crippen LogP contribution >= 0.6 is 11.6 Å². The average molecular weight is 328 g/mol. The summed E-state index contributed by atoms with van der Waals surface area (Å²) < 4.78 is 10.6. The molecule has 0 aliphatic carbocycles. The first kappa shape index (κ1) is 18.6. The van der Waals surface area contributed by atoms with Crippen molar-refractivity contribution in [1.82, 2.24) is 5.32 Å². The normalized spacial score (nSPS) is 11.2. The number of alkyl carbamates (subject to hydrolysis) is 1. The van der Waals surface area contributed by atoms with Crippen LogP contribution in [0.4, 0.5) is 4.79 Å². The molecule has 0 saturated carbocycles. The van der Waals surface area contributed by atoms with Crippen molar-refractivity contribution in [3.63, 3.8) is 0 Å². The van der Waals surface area contributed by atoms with Crippen LogP contribution in [0, 0.1) is 0 Å². The van der Waals surface area contributed by atoms with Crippen LogP contribution in [-0.4, -0.2) is 25.3 Å². The Morgan fingerprint density at radius 3 is 2.45 bits per heavy atom. The summed E-state index contributed by atoms with van der Waals surface area (Å²) in [7, 11) is 1.64. The van der Waals surface area contributed by atoms with Crippen LogP contribution in [-0.2, 0) is 17.6 Å². The van der Waals surface area contributed by atoms with E-state index in [0.717, 1.165) is 34.7 Å². The van der Waals surface area contributed by atoms with Gasteiger partial charge in [0.25, 0.3) is 0 Å². The molecular weight excluding hydrogens is 302 g/mol. The lowest BCUT2D eigenvalue weighted by molar-refractivity contribution is 0.0528. The van der Waals surface area contributed by atoms with Gasteiger partial charge in [-0.15, -0.1) is 0 Å². The molecule has 1 aromatic carbocycles. The SMILES string of the molecule is CCCc1cc(OC)c(CCNC(=O)OC(C)(C)C)cc1Cl. The second-order valence-corrected chi connectivity index (χ2v) is 6.59. The molecule has 0 aliphatic rings. The summed E-state index contributed by atoms with van der Waals surface area (Å²) in [6.45, 7) is 8.09. The number of amides is 1. The summed E-state index contributed by atoms with van der Waals surface area (Å²) in [5.74, 6) is 0.804. The summed E-state index contributed by atoms with van der Waals surface area (Å²) in [6.07, 6.45) is 2.17. The third kappa shape index (κ3) is 6.14. The molecule has 1 aromatic rings. The van der Waals surface area contributed by atoms with E-state index in [-0.39, 0.29) is 0 Å². The number of carbonyl (C=O) groups excluding carboxylic acids is 1. The van der Waals surface area contributed by atoms with Crippen molar-refractivity contribution in [3.05, 3.63) is 28.3 Å². The number of hydrogen-bond donors (Lipinski definition) is 1. The fourth-order valence-electron chi connectivity index (χ4n) is 2.10. The number of methoxy groups -OCH3 is 1. The molecule has 0 radical (unpaired) electrons. The minimum Gasteiger partial charge on any atom is -0.496 e. The van der Waals surface area contributed by atoms with Crippen molar-refractivity contribution in [2.45, 2.75) is 52.6 Å². The molecule has 124 valence electrons. The van der Waals surface area contributed by atoms with Crippen LogP contribution in [0.1, 0.15) is 45.2 Å². The highest BCUT2D eigenvalue weighted by Gasteiger charge is 2.16. The van der Waals surface area contributed by atoms with E-state index in [4.69, 9.17) is 21.1 Å². The number of halogens is 1. The molecule has 1 rings (SSSR count). The van der Waals surface area contributed by atoms with E-state index in [1.165, 1.54) is 0 Å². The van der Waals surface area contributed by atoms with Crippen molar-refractivity contribution < 1.29 is 14.3 Å². The van der Waals surface area contributed by atoms with E-state index in [1.54, 1.807) is 7.11 Å². The molecule has 1 N–H and O–H groups in total. The molecule has 1 amide bonds. The van der Waals surface area contributed by atoms with Crippen LogP contribution in [0.5, 0.6) is 5.75 Å². The third-order valence-corrected chi connectivity index (χ3v) is 3.38. The minimum absolute atomic E-state index is 0.417. The van der Waals surface area contributed by atoms with Gasteiger partial charge in [0, 0.05) is 11.6 Å².